The van der Waals surface area contributed by atoms with Crippen molar-refractivity contribution >= 4 is 5.82 Å². The summed E-state index contributed by atoms with van der Waals surface area (Å²) in [6.45, 7) is 7.16. The van der Waals surface area contributed by atoms with Crippen LogP contribution in [0.15, 0.2) is 12.3 Å². The summed E-state index contributed by atoms with van der Waals surface area (Å²) in [5.41, 5.74) is 6.74. The zero-order valence-corrected chi connectivity index (χ0v) is 10.6. The third-order valence-corrected chi connectivity index (χ3v) is 2.81. The quantitative estimate of drug-likeness (QED) is 0.825. The fourth-order valence-corrected chi connectivity index (χ4v) is 1.86. The average molecular weight is 222 g/mol. The van der Waals surface area contributed by atoms with E-state index in [1.54, 1.807) is 6.20 Å². The lowest BCUT2D eigenvalue weighted by Gasteiger charge is -2.28. The third kappa shape index (κ3) is 3.17. The van der Waals surface area contributed by atoms with Crippen LogP contribution < -0.4 is 10.6 Å². The maximum Gasteiger partial charge on any atom is 0.155 e. The van der Waals surface area contributed by atoms with E-state index in [4.69, 9.17) is 5.73 Å². The third-order valence-electron chi connectivity index (χ3n) is 2.81. The lowest BCUT2D eigenvalue weighted by atomic mass is 10.0. The van der Waals surface area contributed by atoms with Gasteiger partial charge in [-0.3, -0.25) is 0 Å². The van der Waals surface area contributed by atoms with E-state index in [1.165, 1.54) is 0 Å². The minimum atomic E-state index is 0.446. The Labute approximate surface area is 97.9 Å². The first kappa shape index (κ1) is 12.9. The van der Waals surface area contributed by atoms with Crippen molar-refractivity contribution in [2.45, 2.75) is 39.8 Å². The van der Waals surface area contributed by atoms with Crippen LogP contribution in [0, 0.1) is 5.92 Å². The molecule has 4 heteroatoms. The molecule has 4 nitrogen and oxygen atoms in total. The van der Waals surface area contributed by atoms with Gasteiger partial charge in [-0.05, 0) is 25.3 Å². The van der Waals surface area contributed by atoms with Gasteiger partial charge >= 0.3 is 0 Å². The molecule has 1 aromatic heterocycles. The molecule has 0 aliphatic carbocycles. The number of hydrogen-bond acceptors (Lipinski definition) is 4. The predicted molar refractivity (Wildman–Crippen MR) is 67.2 cm³/mol. The standard InChI is InChI=1S/C12H22N4/c1-9(2)7-10(3)16(4)12-11(8-13)5-6-14-15-12/h5-6,9-10H,7-8,13H2,1-4H3. The summed E-state index contributed by atoms with van der Waals surface area (Å²) in [5.74, 6) is 1.58. The van der Waals surface area contributed by atoms with Gasteiger partial charge in [0, 0.05) is 25.2 Å². The summed E-state index contributed by atoms with van der Waals surface area (Å²) in [7, 11) is 2.05. The Morgan fingerprint density at radius 1 is 1.38 bits per heavy atom. The minimum absolute atomic E-state index is 0.446. The van der Waals surface area contributed by atoms with Crippen molar-refractivity contribution in [1.82, 2.24) is 10.2 Å². The van der Waals surface area contributed by atoms with Crippen molar-refractivity contribution in [3.8, 4) is 0 Å². The highest BCUT2D eigenvalue weighted by Gasteiger charge is 2.15. The number of anilines is 1. The van der Waals surface area contributed by atoms with Gasteiger partial charge in [0.2, 0.25) is 0 Å². The number of hydrogen-bond donors (Lipinski definition) is 1. The van der Waals surface area contributed by atoms with Gasteiger partial charge in [-0.15, -0.1) is 5.10 Å². The Balaban J connectivity index is 2.82. The van der Waals surface area contributed by atoms with Crippen molar-refractivity contribution in [2.24, 2.45) is 11.7 Å². The van der Waals surface area contributed by atoms with Crippen LogP contribution in [0.5, 0.6) is 0 Å². The molecular weight excluding hydrogens is 200 g/mol. The molecule has 0 aliphatic rings. The SMILES string of the molecule is CC(C)CC(C)N(C)c1nnccc1CN. The molecule has 1 atom stereocenters. The largest absolute Gasteiger partial charge is 0.355 e. The molecule has 0 aromatic carbocycles. The second-order valence-corrected chi connectivity index (χ2v) is 4.67. The minimum Gasteiger partial charge on any atom is -0.355 e. The lowest BCUT2D eigenvalue weighted by Crippen LogP contribution is -2.32. The highest BCUT2D eigenvalue weighted by molar-refractivity contribution is 5.45. The molecule has 1 aromatic rings. The molecule has 0 amide bonds. The topological polar surface area (TPSA) is 55.0 Å². The van der Waals surface area contributed by atoms with Gasteiger partial charge in [0.1, 0.15) is 0 Å². The monoisotopic (exact) mass is 222 g/mol. The van der Waals surface area contributed by atoms with E-state index in [9.17, 15) is 0 Å². The van der Waals surface area contributed by atoms with Crippen LogP contribution in [-0.4, -0.2) is 23.3 Å². The highest BCUT2D eigenvalue weighted by Crippen LogP contribution is 2.19. The molecule has 0 saturated carbocycles. The number of aromatic nitrogens is 2. The van der Waals surface area contributed by atoms with E-state index >= 15 is 0 Å². The molecule has 0 bridgehead atoms. The summed E-state index contributed by atoms with van der Waals surface area (Å²) in [6, 6.07) is 2.38. The second-order valence-electron chi connectivity index (χ2n) is 4.67. The molecule has 1 rings (SSSR count). The van der Waals surface area contributed by atoms with E-state index in [0.717, 1.165) is 17.8 Å². The summed E-state index contributed by atoms with van der Waals surface area (Å²) in [4.78, 5) is 2.16. The number of rotatable bonds is 5. The maximum atomic E-state index is 5.70. The molecule has 16 heavy (non-hydrogen) atoms. The molecule has 0 fully saturated rings. The number of nitrogens with zero attached hydrogens (tertiary/aromatic N) is 3. The Hall–Kier alpha value is -1.16. The molecular formula is C12H22N4. The normalized spacial score (nSPS) is 12.9. The lowest BCUT2D eigenvalue weighted by molar-refractivity contribution is 0.500. The van der Waals surface area contributed by atoms with E-state index in [2.05, 4.69) is 42.9 Å². The molecule has 2 N–H and O–H groups in total. The second kappa shape index (κ2) is 5.80. The van der Waals surface area contributed by atoms with Crippen molar-refractivity contribution in [1.29, 1.82) is 0 Å². The Morgan fingerprint density at radius 2 is 2.06 bits per heavy atom. The van der Waals surface area contributed by atoms with Crippen LogP contribution in [0.1, 0.15) is 32.8 Å². The van der Waals surface area contributed by atoms with Crippen molar-refractivity contribution in [3.63, 3.8) is 0 Å². The van der Waals surface area contributed by atoms with E-state index in [-0.39, 0.29) is 0 Å². The van der Waals surface area contributed by atoms with Gasteiger partial charge in [0.05, 0.1) is 6.20 Å². The van der Waals surface area contributed by atoms with Crippen LogP contribution in [0.3, 0.4) is 0 Å². The van der Waals surface area contributed by atoms with Crippen LogP contribution in [-0.2, 0) is 6.54 Å². The molecule has 90 valence electrons. The first-order valence-electron chi connectivity index (χ1n) is 5.79. The molecule has 1 heterocycles. The Morgan fingerprint density at radius 3 is 2.62 bits per heavy atom. The van der Waals surface area contributed by atoms with Crippen LogP contribution in [0.25, 0.3) is 0 Å². The zero-order valence-electron chi connectivity index (χ0n) is 10.6. The van der Waals surface area contributed by atoms with Crippen molar-refractivity contribution < 1.29 is 0 Å². The Bertz CT molecular complexity index is 325. The van der Waals surface area contributed by atoms with Gasteiger partial charge in [0.25, 0.3) is 0 Å². The molecule has 0 radical (unpaired) electrons. The van der Waals surface area contributed by atoms with E-state index < -0.39 is 0 Å². The van der Waals surface area contributed by atoms with Crippen LogP contribution in [0.2, 0.25) is 0 Å². The fraction of sp³-hybridized carbons (Fsp3) is 0.667. The first-order valence-corrected chi connectivity index (χ1v) is 5.79. The fourth-order valence-electron chi connectivity index (χ4n) is 1.86. The first-order chi connectivity index (χ1) is 7.56. The zero-order chi connectivity index (χ0) is 12.1. The van der Waals surface area contributed by atoms with Crippen molar-refractivity contribution in [3.05, 3.63) is 17.8 Å². The molecule has 0 spiro atoms. The van der Waals surface area contributed by atoms with Gasteiger partial charge in [-0.2, -0.15) is 5.10 Å². The summed E-state index contributed by atoms with van der Waals surface area (Å²) < 4.78 is 0. The van der Waals surface area contributed by atoms with Crippen molar-refractivity contribution in [2.75, 3.05) is 11.9 Å². The smallest absolute Gasteiger partial charge is 0.155 e. The van der Waals surface area contributed by atoms with Crippen LogP contribution >= 0.6 is 0 Å². The van der Waals surface area contributed by atoms with Gasteiger partial charge in [-0.1, -0.05) is 13.8 Å². The molecule has 0 aliphatic heterocycles. The molecule has 0 saturated heterocycles. The average Bonchev–Trinajstić information content (AvgIpc) is 2.27. The van der Waals surface area contributed by atoms with Gasteiger partial charge < -0.3 is 10.6 Å². The maximum absolute atomic E-state index is 5.70. The van der Waals surface area contributed by atoms with E-state index in [0.29, 0.717) is 18.5 Å². The van der Waals surface area contributed by atoms with Gasteiger partial charge in [-0.25, -0.2) is 0 Å². The van der Waals surface area contributed by atoms with Gasteiger partial charge in [0.15, 0.2) is 5.82 Å². The molecule has 1 unspecified atom stereocenters. The summed E-state index contributed by atoms with van der Waals surface area (Å²) in [5, 5.41) is 8.10. The summed E-state index contributed by atoms with van der Waals surface area (Å²) in [6.07, 6.45) is 2.82. The number of nitrogens with two attached hydrogens (primary N) is 1. The van der Waals surface area contributed by atoms with Crippen LogP contribution in [0.4, 0.5) is 5.82 Å². The highest BCUT2D eigenvalue weighted by atomic mass is 15.3. The van der Waals surface area contributed by atoms with E-state index in [1.807, 2.05) is 6.07 Å². The predicted octanol–water partition coefficient (Wildman–Crippen LogP) is 1.81. The Kier molecular flexibility index (Phi) is 4.68. The summed E-state index contributed by atoms with van der Waals surface area (Å²) >= 11 is 0.